The summed E-state index contributed by atoms with van der Waals surface area (Å²) in [5.41, 5.74) is 0. The van der Waals surface area contributed by atoms with Crippen LogP contribution in [0.2, 0.25) is 18.1 Å². The van der Waals surface area contributed by atoms with Crippen LogP contribution in [0.25, 0.3) is 0 Å². The van der Waals surface area contributed by atoms with Crippen LogP contribution in [0.1, 0.15) is 39.5 Å². The maximum Gasteiger partial charge on any atom is 0.188 e. The number of nitrogens with one attached hydrogen (secondary N) is 1. The van der Waals surface area contributed by atoms with Crippen LogP contribution in [0.15, 0.2) is 0 Å². The molecular formula is C12H27NOSi. The monoisotopic (exact) mass is 229 g/mol. The summed E-state index contributed by atoms with van der Waals surface area (Å²) < 4.78 is 0. The molecule has 0 unspecified atom stereocenters. The molecule has 0 aliphatic carbocycles. The Labute approximate surface area is 95.6 Å². The van der Waals surface area contributed by atoms with Gasteiger partial charge in [0.15, 0.2) is 8.32 Å². The second-order valence-corrected chi connectivity index (χ2v) is 10.6. The van der Waals surface area contributed by atoms with E-state index >= 15 is 0 Å². The van der Waals surface area contributed by atoms with Crippen molar-refractivity contribution in [3.8, 4) is 0 Å². The van der Waals surface area contributed by atoms with Crippen molar-refractivity contribution in [3.63, 3.8) is 0 Å². The van der Waals surface area contributed by atoms with Gasteiger partial charge >= 0.3 is 0 Å². The first-order valence-corrected chi connectivity index (χ1v) is 9.21. The van der Waals surface area contributed by atoms with E-state index in [4.69, 9.17) is 0 Å². The van der Waals surface area contributed by atoms with E-state index in [0.29, 0.717) is 0 Å². The van der Waals surface area contributed by atoms with Gasteiger partial charge in [0, 0.05) is 0 Å². The first kappa shape index (κ1) is 13.2. The fourth-order valence-electron chi connectivity index (χ4n) is 2.04. The summed E-state index contributed by atoms with van der Waals surface area (Å²) in [5, 5.41) is 3.57. The number of hydrogen-bond acceptors (Lipinski definition) is 2. The lowest BCUT2D eigenvalue weighted by molar-refractivity contribution is 0.322. The van der Waals surface area contributed by atoms with Crippen molar-refractivity contribution < 1.29 is 4.80 Å². The molecule has 0 bridgehead atoms. The summed E-state index contributed by atoms with van der Waals surface area (Å²) in [4.78, 5) is 10.2. The lowest BCUT2D eigenvalue weighted by atomic mass is 9.90. The Kier molecular flexibility index (Phi) is 4.38. The molecule has 0 spiro atoms. The van der Waals surface area contributed by atoms with Crippen molar-refractivity contribution in [2.45, 2.75) is 57.7 Å². The maximum absolute atomic E-state index is 10.2. The van der Waals surface area contributed by atoms with Crippen LogP contribution in [0.3, 0.4) is 0 Å². The first-order valence-electron chi connectivity index (χ1n) is 6.26. The maximum atomic E-state index is 10.2. The molecule has 0 radical (unpaired) electrons. The molecule has 1 fully saturated rings. The van der Waals surface area contributed by atoms with E-state index in [1.54, 1.807) is 0 Å². The van der Waals surface area contributed by atoms with Gasteiger partial charge < -0.3 is 10.1 Å². The van der Waals surface area contributed by atoms with Crippen LogP contribution in [-0.2, 0) is 0 Å². The summed E-state index contributed by atoms with van der Waals surface area (Å²) in [6.45, 7) is 11.0. The van der Waals surface area contributed by atoms with Crippen molar-refractivity contribution in [1.29, 1.82) is 0 Å². The standard InChI is InChI=1S/C12H27NOSi/c1-12(2,15(3,4)14)8-5-11-6-9-13-10-7-11/h11,13-14H,5-10H2,1-4H3. The Morgan fingerprint density at radius 3 is 2.27 bits per heavy atom. The summed E-state index contributed by atoms with van der Waals surface area (Å²) in [7, 11) is -1.98. The van der Waals surface area contributed by atoms with Gasteiger partial charge in [0.05, 0.1) is 0 Å². The lowest BCUT2D eigenvalue weighted by Crippen LogP contribution is -2.39. The second kappa shape index (κ2) is 4.98. The van der Waals surface area contributed by atoms with Crippen LogP contribution in [-0.4, -0.2) is 26.2 Å². The fraction of sp³-hybridized carbons (Fsp3) is 1.00. The van der Waals surface area contributed by atoms with E-state index in [2.05, 4.69) is 32.3 Å². The van der Waals surface area contributed by atoms with Crippen LogP contribution in [0.4, 0.5) is 0 Å². The van der Waals surface area contributed by atoms with E-state index in [1.807, 2.05) is 0 Å². The molecule has 1 aliphatic rings. The molecular weight excluding hydrogens is 202 g/mol. The quantitative estimate of drug-likeness (QED) is 0.727. The lowest BCUT2D eigenvalue weighted by Gasteiger charge is -2.36. The van der Waals surface area contributed by atoms with Gasteiger partial charge in [-0.1, -0.05) is 20.3 Å². The summed E-state index contributed by atoms with van der Waals surface area (Å²) in [6.07, 6.45) is 5.13. The Hall–Kier alpha value is 0.137. The van der Waals surface area contributed by atoms with Gasteiger partial charge in [0.1, 0.15) is 0 Å². The molecule has 1 aliphatic heterocycles. The van der Waals surface area contributed by atoms with Crippen LogP contribution < -0.4 is 5.32 Å². The zero-order valence-corrected chi connectivity index (χ0v) is 11.8. The SMILES string of the molecule is CC(C)(CCC1CCNCC1)[Si](C)(C)O. The minimum Gasteiger partial charge on any atom is -0.432 e. The van der Waals surface area contributed by atoms with E-state index in [1.165, 1.54) is 38.8 Å². The molecule has 15 heavy (non-hydrogen) atoms. The van der Waals surface area contributed by atoms with Crippen molar-refractivity contribution in [3.05, 3.63) is 0 Å². The molecule has 1 heterocycles. The highest BCUT2D eigenvalue weighted by molar-refractivity contribution is 6.72. The van der Waals surface area contributed by atoms with Gasteiger partial charge in [-0.3, -0.25) is 0 Å². The van der Waals surface area contributed by atoms with Crippen molar-refractivity contribution in [2.75, 3.05) is 13.1 Å². The third kappa shape index (κ3) is 3.89. The number of hydrogen-bond donors (Lipinski definition) is 2. The Bertz CT molecular complexity index is 192. The second-order valence-electron chi connectivity index (χ2n) is 6.17. The smallest absolute Gasteiger partial charge is 0.188 e. The molecule has 0 amide bonds. The highest BCUT2D eigenvalue weighted by Gasteiger charge is 2.37. The molecule has 2 nitrogen and oxygen atoms in total. The normalized spacial score (nSPS) is 20.6. The molecule has 1 rings (SSSR count). The summed E-state index contributed by atoms with van der Waals surface area (Å²) >= 11 is 0. The minimum absolute atomic E-state index is 0.165. The predicted molar refractivity (Wildman–Crippen MR) is 68.6 cm³/mol. The molecule has 0 aromatic heterocycles. The first-order chi connectivity index (χ1) is 6.83. The van der Waals surface area contributed by atoms with Gasteiger partial charge in [0.2, 0.25) is 0 Å². The van der Waals surface area contributed by atoms with E-state index in [0.717, 1.165) is 5.92 Å². The zero-order chi connectivity index (χ0) is 11.5. The topological polar surface area (TPSA) is 32.3 Å². The van der Waals surface area contributed by atoms with Gasteiger partial charge in [-0.05, 0) is 56.4 Å². The summed E-state index contributed by atoms with van der Waals surface area (Å²) in [6, 6.07) is 0. The van der Waals surface area contributed by atoms with Crippen LogP contribution in [0, 0.1) is 5.92 Å². The van der Waals surface area contributed by atoms with Gasteiger partial charge in [0.25, 0.3) is 0 Å². The summed E-state index contributed by atoms with van der Waals surface area (Å²) in [5.74, 6) is 0.891. The van der Waals surface area contributed by atoms with E-state index in [-0.39, 0.29) is 5.04 Å². The van der Waals surface area contributed by atoms with E-state index in [9.17, 15) is 4.80 Å². The van der Waals surface area contributed by atoms with Crippen molar-refractivity contribution in [1.82, 2.24) is 5.32 Å². The Morgan fingerprint density at radius 2 is 1.80 bits per heavy atom. The number of rotatable bonds is 4. The molecule has 0 atom stereocenters. The molecule has 0 aromatic carbocycles. The van der Waals surface area contributed by atoms with Crippen molar-refractivity contribution >= 4 is 8.32 Å². The van der Waals surface area contributed by atoms with Crippen LogP contribution in [0.5, 0.6) is 0 Å². The molecule has 90 valence electrons. The van der Waals surface area contributed by atoms with Crippen LogP contribution >= 0.6 is 0 Å². The molecule has 1 saturated heterocycles. The predicted octanol–water partition coefficient (Wildman–Crippen LogP) is 2.74. The van der Waals surface area contributed by atoms with Gasteiger partial charge in [-0.2, -0.15) is 0 Å². The van der Waals surface area contributed by atoms with Gasteiger partial charge in [-0.15, -0.1) is 0 Å². The fourth-order valence-corrected chi connectivity index (χ4v) is 2.80. The average molecular weight is 229 g/mol. The van der Waals surface area contributed by atoms with E-state index < -0.39 is 8.32 Å². The van der Waals surface area contributed by atoms with Gasteiger partial charge in [-0.25, -0.2) is 0 Å². The third-order valence-electron chi connectivity index (χ3n) is 4.29. The Morgan fingerprint density at radius 1 is 1.27 bits per heavy atom. The molecule has 0 saturated carbocycles. The molecule has 3 heteroatoms. The Balaban J connectivity index is 2.35. The number of piperidine rings is 1. The zero-order valence-electron chi connectivity index (χ0n) is 10.8. The third-order valence-corrected chi connectivity index (χ3v) is 7.85. The minimum atomic E-state index is -1.98. The highest BCUT2D eigenvalue weighted by Crippen LogP contribution is 2.41. The molecule has 0 aromatic rings. The molecule has 2 N–H and O–H groups in total. The average Bonchev–Trinajstić information content (AvgIpc) is 2.15. The largest absolute Gasteiger partial charge is 0.432 e. The van der Waals surface area contributed by atoms with Crippen molar-refractivity contribution in [2.24, 2.45) is 5.92 Å². The highest BCUT2D eigenvalue weighted by atomic mass is 28.4.